The van der Waals surface area contributed by atoms with Crippen LogP contribution in [0.2, 0.25) is 0 Å². The molecule has 3 aliphatic rings. The third-order valence-corrected chi connectivity index (χ3v) is 5.49. The number of carbonyl (C=O) groups excluding carboxylic acids is 1. The normalized spacial score (nSPS) is 24.1. The van der Waals surface area contributed by atoms with Crippen LogP contribution in [0.5, 0.6) is 0 Å². The quantitative estimate of drug-likeness (QED) is 0.494. The summed E-state index contributed by atoms with van der Waals surface area (Å²) in [5.74, 6) is 5.99. The van der Waals surface area contributed by atoms with Gasteiger partial charge in [0.15, 0.2) is 0 Å². The van der Waals surface area contributed by atoms with Crippen LogP contribution in [0.15, 0.2) is 39.4 Å². The predicted molar refractivity (Wildman–Crippen MR) is 112 cm³/mol. The van der Waals surface area contributed by atoms with Gasteiger partial charge in [0, 0.05) is 6.42 Å². The smallest absolute Gasteiger partial charge is 0.415 e. The maximum absolute atomic E-state index is 12.3. The number of dihydropyridines is 1. The van der Waals surface area contributed by atoms with Crippen LogP contribution in [0, 0.1) is 0 Å². The van der Waals surface area contributed by atoms with Gasteiger partial charge in [-0.15, -0.1) is 0 Å². The SMILES string of the molecule is CCCC1OC(=O)N2c3ccc(C4=CCC(N=CC(C)=NN)=NC4)cc3CC12. The maximum Gasteiger partial charge on any atom is 0.415 e. The topological polar surface area (TPSA) is 92.6 Å². The molecule has 0 aromatic heterocycles. The lowest BCUT2D eigenvalue weighted by Gasteiger charge is -2.16. The van der Waals surface area contributed by atoms with Gasteiger partial charge in [-0.3, -0.25) is 9.89 Å². The number of anilines is 1. The number of amidine groups is 1. The van der Waals surface area contributed by atoms with Crippen molar-refractivity contribution in [2.24, 2.45) is 20.9 Å². The molecule has 3 heterocycles. The van der Waals surface area contributed by atoms with Crippen molar-refractivity contribution in [3.63, 3.8) is 0 Å². The number of fused-ring (bicyclic) bond motifs is 3. The van der Waals surface area contributed by atoms with Crippen molar-refractivity contribution in [1.82, 2.24) is 0 Å². The first kappa shape index (κ1) is 18.4. The molecule has 0 bridgehead atoms. The number of benzene rings is 1. The fraction of sp³-hybridized carbons (Fsp3) is 0.429. The number of ether oxygens (including phenoxy) is 1. The molecule has 4 rings (SSSR count). The van der Waals surface area contributed by atoms with E-state index in [0.717, 1.165) is 36.3 Å². The average Bonchev–Trinajstić information content (AvgIpc) is 3.24. The summed E-state index contributed by atoms with van der Waals surface area (Å²) >= 11 is 0. The van der Waals surface area contributed by atoms with E-state index in [4.69, 9.17) is 10.6 Å². The Labute approximate surface area is 164 Å². The molecule has 0 aliphatic carbocycles. The van der Waals surface area contributed by atoms with Crippen molar-refractivity contribution < 1.29 is 9.53 Å². The first-order valence-electron chi connectivity index (χ1n) is 9.74. The second-order valence-corrected chi connectivity index (χ2v) is 7.39. The minimum atomic E-state index is -0.213. The average molecular weight is 379 g/mol. The standard InChI is InChI=1S/C21H25N5O2/c1-3-4-19-18-10-16-9-14(5-7-17(16)26(18)21(27)28-19)15-6-8-20(24-12-15)23-11-13(2)25-22/h5-7,9,11,18-19H,3-4,8,10,12,22H2,1-2H3. The number of amides is 1. The van der Waals surface area contributed by atoms with Crippen LogP contribution in [0.3, 0.4) is 0 Å². The lowest BCUT2D eigenvalue weighted by atomic mass is 9.97. The van der Waals surface area contributed by atoms with Crippen LogP contribution in [-0.2, 0) is 11.2 Å². The van der Waals surface area contributed by atoms with E-state index in [-0.39, 0.29) is 18.2 Å². The molecule has 0 radical (unpaired) electrons. The van der Waals surface area contributed by atoms with E-state index >= 15 is 0 Å². The molecule has 0 saturated carbocycles. The Balaban J connectivity index is 1.49. The third-order valence-electron chi connectivity index (χ3n) is 5.49. The maximum atomic E-state index is 12.3. The highest BCUT2D eigenvalue weighted by Crippen LogP contribution is 2.41. The Bertz CT molecular complexity index is 915. The Morgan fingerprint density at radius 1 is 1.46 bits per heavy atom. The lowest BCUT2D eigenvalue weighted by Crippen LogP contribution is -2.33. The van der Waals surface area contributed by atoms with Crippen LogP contribution >= 0.6 is 0 Å². The molecule has 1 amide bonds. The van der Waals surface area contributed by atoms with Crippen LogP contribution in [0.4, 0.5) is 10.5 Å². The van der Waals surface area contributed by atoms with Crippen molar-refractivity contribution in [3.8, 4) is 0 Å². The summed E-state index contributed by atoms with van der Waals surface area (Å²) in [6.07, 6.45) is 7.03. The monoisotopic (exact) mass is 379 g/mol. The number of carbonyl (C=O) groups is 1. The number of rotatable bonds is 4. The van der Waals surface area contributed by atoms with Gasteiger partial charge >= 0.3 is 6.09 Å². The fourth-order valence-corrected chi connectivity index (χ4v) is 4.04. The lowest BCUT2D eigenvalue weighted by molar-refractivity contribution is 0.125. The third kappa shape index (κ3) is 3.32. The predicted octanol–water partition coefficient (Wildman–Crippen LogP) is 3.33. The minimum Gasteiger partial charge on any atom is -0.444 e. The highest BCUT2D eigenvalue weighted by molar-refractivity contribution is 6.31. The van der Waals surface area contributed by atoms with Gasteiger partial charge < -0.3 is 10.6 Å². The zero-order valence-electron chi connectivity index (χ0n) is 16.3. The van der Waals surface area contributed by atoms with Crippen molar-refractivity contribution in [1.29, 1.82) is 0 Å². The number of nitrogens with zero attached hydrogens (tertiary/aromatic N) is 4. The summed E-state index contributed by atoms with van der Waals surface area (Å²) in [5, 5.41) is 3.57. The minimum absolute atomic E-state index is 0.00668. The van der Waals surface area contributed by atoms with E-state index in [1.54, 1.807) is 13.1 Å². The molecule has 3 aliphatic heterocycles. The molecular formula is C21H25N5O2. The molecule has 7 heteroatoms. The van der Waals surface area contributed by atoms with Gasteiger partial charge in [0.25, 0.3) is 0 Å². The zero-order valence-corrected chi connectivity index (χ0v) is 16.3. The summed E-state index contributed by atoms with van der Waals surface area (Å²) in [7, 11) is 0. The van der Waals surface area contributed by atoms with Crippen molar-refractivity contribution in [2.75, 3.05) is 11.4 Å². The highest BCUT2D eigenvalue weighted by Gasteiger charge is 2.46. The number of nitrogens with two attached hydrogens (primary N) is 1. The fourth-order valence-electron chi connectivity index (χ4n) is 4.04. The Kier molecular flexibility index (Phi) is 4.98. The van der Waals surface area contributed by atoms with Gasteiger partial charge in [0.2, 0.25) is 0 Å². The molecule has 2 N–H and O–H groups in total. The molecule has 28 heavy (non-hydrogen) atoms. The Morgan fingerprint density at radius 3 is 3.04 bits per heavy atom. The number of aliphatic imine (C=N–C) groups is 2. The molecule has 1 aromatic carbocycles. The second-order valence-electron chi connectivity index (χ2n) is 7.39. The van der Waals surface area contributed by atoms with Gasteiger partial charge in [-0.2, -0.15) is 5.10 Å². The van der Waals surface area contributed by atoms with Crippen LogP contribution in [-0.4, -0.2) is 42.5 Å². The summed E-state index contributed by atoms with van der Waals surface area (Å²) in [6.45, 7) is 4.51. The van der Waals surface area contributed by atoms with Gasteiger partial charge in [0.05, 0.1) is 30.2 Å². The molecule has 1 aromatic rings. The number of hydrazone groups is 1. The summed E-state index contributed by atoms with van der Waals surface area (Å²) in [4.78, 5) is 23.0. The molecule has 2 unspecified atom stereocenters. The molecule has 1 saturated heterocycles. The highest BCUT2D eigenvalue weighted by atomic mass is 16.6. The first-order chi connectivity index (χ1) is 13.6. The zero-order chi connectivity index (χ0) is 19.7. The van der Waals surface area contributed by atoms with E-state index < -0.39 is 0 Å². The van der Waals surface area contributed by atoms with Crippen molar-refractivity contribution >= 4 is 35.1 Å². The molecule has 1 fully saturated rings. The van der Waals surface area contributed by atoms with E-state index in [2.05, 4.69) is 40.2 Å². The van der Waals surface area contributed by atoms with Crippen LogP contribution in [0.25, 0.3) is 5.57 Å². The molecule has 0 spiro atoms. The van der Waals surface area contributed by atoms with E-state index in [0.29, 0.717) is 18.7 Å². The second kappa shape index (κ2) is 7.58. The van der Waals surface area contributed by atoms with Gasteiger partial charge in [-0.1, -0.05) is 25.5 Å². The molecule has 146 valence electrons. The first-order valence-corrected chi connectivity index (χ1v) is 9.74. The van der Waals surface area contributed by atoms with Crippen molar-refractivity contribution in [2.45, 2.75) is 51.7 Å². The summed E-state index contributed by atoms with van der Waals surface area (Å²) in [6, 6.07) is 6.44. The number of hydrogen-bond donors (Lipinski definition) is 1. The number of hydrogen-bond acceptors (Lipinski definition) is 6. The van der Waals surface area contributed by atoms with Gasteiger partial charge in [-0.05, 0) is 48.6 Å². The molecule has 2 atom stereocenters. The van der Waals surface area contributed by atoms with Gasteiger partial charge in [-0.25, -0.2) is 9.79 Å². The molecule has 7 nitrogen and oxygen atoms in total. The van der Waals surface area contributed by atoms with E-state index in [1.165, 1.54) is 11.1 Å². The Morgan fingerprint density at radius 2 is 2.32 bits per heavy atom. The largest absolute Gasteiger partial charge is 0.444 e. The summed E-state index contributed by atoms with van der Waals surface area (Å²) in [5.41, 5.74) is 5.21. The van der Waals surface area contributed by atoms with Crippen LogP contribution < -0.4 is 10.7 Å². The van der Waals surface area contributed by atoms with Crippen LogP contribution in [0.1, 0.15) is 44.2 Å². The van der Waals surface area contributed by atoms with Crippen molar-refractivity contribution in [3.05, 3.63) is 35.4 Å². The summed E-state index contributed by atoms with van der Waals surface area (Å²) < 4.78 is 5.56. The number of cyclic esters (lactones) is 1. The van der Waals surface area contributed by atoms with E-state index in [9.17, 15) is 4.79 Å². The molecular weight excluding hydrogens is 354 g/mol. The van der Waals surface area contributed by atoms with E-state index in [1.807, 2.05) is 11.0 Å². The van der Waals surface area contributed by atoms with Gasteiger partial charge in [0.1, 0.15) is 11.9 Å². The Hall–Kier alpha value is -2.96.